The lowest BCUT2D eigenvalue weighted by Gasteiger charge is -2.18. The third kappa shape index (κ3) is 5.14. The molecule has 6 heteroatoms. The lowest BCUT2D eigenvalue weighted by molar-refractivity contribution is -0.114. The Balaban J connectivity index is 1.47. The van der Waals surface area contributed by atoms with Crippen LogP contribution in [0.3, 0.4) is 0 Å². The number of fused-ring (bicyclic) bond motifs is 1. The van der Waals surface area contributed by atoms with Crippen LogP contribution < -0.4 is 15.4 Å². The van der Waals surface area contributed by atoms with Gasteiger partial charge in [-0.25, -0.2) is 0 Å². The van der Waals surface area contributed by atoms with Crippen molar-refractivity contribution in [2.45, 2.75) is 39.7 Å². The molecule has 160 valence electrons. The van der Waals surface area contributed by atoms with Crippen molar-refractivity contribution in [3.8, 4) is 5.75 Å². The van der Waals surface area contributed by atoms with Gasteiger partial charge in [0, 0.05) is 17.5 Å². The highest BCUT2D eigenvalue weighted by Gasteiger charge is 2.28. The molecule has 0 spiro atoms. The van der Waals surface area contributed by atoms with Gasteiger partial charge in [0.2, 0.25) is 5.91 Å². The number of thiophene rings is 1. The van der Waals surface area contributed by atoms with Crippen LogP contribution in [0, 0.1) is 5.92 Å². The average Bonchev–Trinajstić information content (AvgIpc) is 3.10. The fourth-order valence-electron chi connectivity index (χ4n) is 3.81. The minimum Gasteiger partial charge on any atom is -0.489 e. The van der Waals surface area contributed by atoms with Gasteiger partial charge < -0.3 is 15.4 Å². The summed E-state index contributed by atoms with van der Waals surface area (Å²) in [6.07, 6.45) is 2.87. The summed E-state index contributed by atoms with van der Waals surface area (Å²) in [5.41, 5.74) is 3.47. The van der Waals surface area contributed by atoms with E-state index in [0.29, 0.717) is 28.8 Å². The monoisotopic (exact) mass is 434 g/mol. The van der Waals surface area contributed by atoms with Gasteiger partial charge in [0.15, 0.2) is 0 Å². The summed E-state index contributed by atoms with van der Waals surface area (Å²) in [6, 6.07) is 17.3. The highest BCUT2D eigenvalue weighted by molar-refractivity contribution is 7.17. The van der Waals surface area contributed by atoms with Crippen LogP contribution in [-0.4, -0.2) is 11.8 Å². The van der Waals surface area contributed by atoms with E-state index in [1.54, 1.807) is 0 Å². The topological polar surface area (TPSA) is 67.4 Å². The zero-order chi connectivity index (χ0) is 21.8. The number of hydrogen-bond donors (Lipinski definition) is 2. The fraction of sp³-hybridized carbons (Fsp3) is 0.280. The van der Waals surface area contributed by atoms with Gasteiger partial charge in [-0.05, 0) is 60.6 Å². The van der Waals surface area contributed by atoms with E-state index < -0.39 is 0 Å². The van der Waals surface area contributed by atoms with E-state index in [9.17, 15) is 9.59 Å². The summed E-state index contributed by atoms with van der Waals surface area (Å²) in [4.78, 5) is 26.0. The minimum absolute atomic E-state index is 0.166. The summed E-state index contributed by atoms with van der Waals surface area (Å²) in [7, 11) is 0. The van der Waals surface area contributed by atoms with Crippen LogP contribution in [0.15, 0.2) is 54.6 Å². The molecular weight excluding hydrogens is 408 g/mol. The number of amides is 2. The molecule has 1 aliphatic rings. The molecular formula is C25H26N2O3S. The molecule has 2 aromatic carbocycles. The standard InChI is InChI=1S/C25H26N2O3S/c1-16-8-13-21-22(14-16)31-25(26-17(2)28)23(21)24(29)27-19-9-11-20(12-10-19)30-15-18-6-4-3-5-7-18/h3-7,9-12,16H,8,13-15H2,1-2H3,(H,26,28)(H,27,29). The van der Waals surface area contributed by atoms with Crippen molar-refractivity contribution in [3.63, 3.8) is 0 Å². The van der Waals surface area contributed by atoms with Crippen LogP contribution in [0.2, 0.25) is 0 Å². The molecule has 31 heavy (non-hydrogen) atoms. The van der Waals surface area contributed by atoms with Gasteiger partial charge in [0.05, 0.1) is 5.56 Å². The Hall–Kier alpha value is -3.12. The van der Waals surface area contributed by atoms with Gasteiger partial charge in [0.25, 0.3) is 5.91 Å². The van der Waals surface area contributed by atoms with Crippen LogP contribution in [0.5, 0.6) is 5.75 Å². The highest BCUT2D eigenvalue weighted by atomic mass is 32.1. The number of anilines is 2. The van der Waals surface area contributed by atoms with Gasteiger partial charge >= 0.3 is 0 Å². The smallest absolute Gasteiger partial charge is 0.258 e. The number of carbonyl (C=O) groups is 2. The molecule has 0 saturated heterocycles. The normalized spacial score (nSPS) is 15.1. The first-order chi connectivity index (χ1) is 15.0. The molecule has 0 saturated carbocycles. The maximum Gasteiger partial charge on any atom is 0.258 e. The second kappa shape index (κ2) is 9.35. The first-order valence-electron chi connectivity index (χ1n) is 10.5. The van der Waals surface area contributed by atoms with Gasteiger partial charge in [-0.2, -0.15) is 0 Å². The first-order valence-corrected chi connectivity index (χ1v) is 11.3. The van der Waals surface area contributed by atoms with Crippen molar-refractivity contribution in [1.82, 2.24) is 0 Å². The molecule has 0 bridgehead atoms. The Morgan fingerprint density at radius 3 is 2.52 bits per heavy atom. The third-order valence-electron chi connectivity index (χ3n) is 5.39. The predicted octanol–water partition coefficient (Wildman–Crippen LogP) is 5.66. The summed E-state index contributed by atoms with van der Waals surface area (Å²) < 4.78 is 5.81. The zero-order valence-electron chi connectivity index (χ0n) is 17.7. The molecule has 2 amide bonds. The maximum absolute atomic E-state index is 13.1. The van der Waals surface area contributed by atoms with Crippen molar-refractivity contribution in [3.05, 3.63) is 76.2 Å². The third-order valence-corrected chi connectivity index (χ3v) is 6.56. The molecule has 1 unspecified atom stereocenters. The lowest BCUT2D eigenvalue weighted by atomic mass is 9.88. The molecule has 4 rings (SSSR count). The number of nitrogens with one attached hydrogen (secondary N) is 2. The van der Waals surface area contributed by atoms with E-state index >= 15 is 0 Å². The van der Waals surface area contributed by atoms with Gasteiger partial charge in [-0.1, -0.05) is 37.3 Å². The van der Waals surface area contributed by atoms with E-state index in [2.05, 4.69) is 17.6 Å². The summed E-state index contributed by atoms with van der Waals surface area (Å²) in [5.74, 6) is 0.979. The Labute approximate surface area is 186 Å². The first kappa shape index (κ1) is 21.1. The Morgan fingerprint density at radius 1 is 1.06 bits per heavy atom. The number of rotatable bonds is 6. The van der Waals surface area contributed by atoms with Crippen molar-refractivity contribution < 1.29 is 14.3 Å². The summed E-state index contributed by atoms with van der Waals surface area (Å²) >= 11 is 1.53. The lowest BCUT2D eigenvalue weighted by Crippen LogP contribution is -2.18. The quantitative estimate of drug-likeness (QED) is 0.526. The SMILES string of the molecule is CC(=O)Nc1sc2c(c1C(=O)Nc1ccc(OCc3ccccc3)cc1)CCC(C)C2. The highest BCUT2D eigenvalue weighted by Crippen LogP contribution is 2.40. The van der Waals surface area contributed by atoms with E-state index in [4.69, 9.17) is 4.74 Å². The summed E-state index contributed by atoms with van der Waals surface area (Å²) in [5, 5.41) is 6.48. The van der Waals surface area contributed by atoms with E-state index in [1.165, 1.54) is 23.1 Å². The molecule has 0 radical (unpaired) electrons. The zero-order valence-corrected chi connectivity index (χ0v) is 18.6. The largest absolute Gasteiger partial charge is 0.489 e. The van der Waals surface area contributed by atoms with Gasteiger partial charge in [-0.15, -0.1) is 11.3 Å². The second-order valence-corrected chi connectivity index (χ2v) is 9.10. The number of hydrogen-bond acceptors (Lipinski definition) is 4. The number of ether oxygens (including phenoxy) is 1. The summed E-state index contributed by atoms with van der Waals surface area (Å²) in [6.45, 7) is 4.19. The fourth-order valence-corrected chi connectivity index (χ4v) is 5.26. The van der Waals surface area contributed by atoms with Crippen molar-refractivity contribution in [2.75, 3.05) is 10.6 Å². The Morgan fingerprint density at radius 2 is 1.81 bits per heavy atom. The van der Waals surface area contributed by atoms with Crippen LogP contribution in [0.1, 0.15) is 46.6 Å². The molecule has 5 nitrogen and oxygen atoms in total. The maximum atomic E-state index is 13.1. The van der Waals surface area contributed by atoms with Crippen molar-refractivity contribution in [1.29, 1.82) is 0 Å². The Kier molecular flexibility index (Phi) is 6.37. The van der Waals surface area contributed by atoms with E-state index in [0.717, 1.165) is 36.1 Å². The van der Waals surface area contributed by atoms with Crippen molar-refractivity contribution in [2.24, 2.45) is 5.92 Å². The molecule has 1 aliphatic carbocycles. The van der Waals surface area contributed by atoms with Gasteiger partial charge in [-0.3, -0.25) is 9.59 Å². The number of benzene rings is 2. The molecule has 0 aliphatic heterocycles. The molecule has 1 heterocycles. The van der Waals surface area contributed by atoms with Crippen LogP contribution in [0.4, 0.5) is 10.7 Å². The van der Waals surface area contributed by atoms with Crippen molar-refractivity contribution >= 4 is 33.8 Å². The Bertz CT molecular complexity index is 1070. The van der Waals surface area contributed by atoms with E-state index in [1.807, 2.05) is 54.6 Å². The molecule has 2 N–H and O–H groups in total. The minimum atomic E-state index is -0.186. The van der Waals surface area contributed by atoms with Crippen LogP contribution in [0.25, 0.3) is 0 Å². The second-order valence-electron chi connectivity index (χ2n) is 7.99. The van der Waals surface area contributed by atoms with Crippen LogP contribution >= 0.6 is 11.3 Å². The predicted molar refractivity (Wildman–Crippen MR) is 125 cm³/mol. The molecule has 1 aromatic heterocycles. The molecule has 3 aromatic rings. The number of carbonyl (C=O) groups excluding carboxylic acids is 2. The van der Waals surface area contributed by atoms with Crippen LogP contribution in [-0.2, 0) is 24.2 Å². The average molecular weight is 435 g/mol. The van der Waals surface area contributed by atoms with Gasteiger partial charge in [0.1, 0.15) is 17.4 Å². The molecule has 0 fully saturated rings. The molecule has 1 atom stereocenters. The van der Waals surface area contributed by atoms with E-state index in [-0.39, 0.29) is 11.8 Å².